The average Bonchev–Trinajstić information content (AvgIpc) is 2.74. The summed E-state index contributed by atoms with van der Waals surface area (Å²) in [6, 6.07) is 25.8. The van der Waals surface area contributed by atoms with Gasteiger partial charge in [-0.25, -0.2) is 4.98 Å². The topological polar surface area (TPSA) is 46.5 Å². The predicted octanol–water partition coefficient (Wildman–Crippen LogP) is 6.78. The molecule has 0 aliphatic heterocycles. The molecule has 4 rings (SSSR count). The summed E-state index contributed by atoms with van der Waals surface area (Å²) in [6.45, 7) is 0.497. The number of anilines is 1. The molecular weight excluding hydrogens is 494 g/mol. The van der Waals surface area contributed by atoms with E-state index in [0.717, 1.165) is 36.7 Å². The van der Waals surface area contributed by atoms with Crippen molar-refractivity contribution in [1.82, 2.24) is 4.98 Å². The third-order valence-corrected chi connectivity index (χ3v) is 5.51. The summed E-state index contributed by atoms with van der Waals surface area (Å²) in [6.07, 6.45) is 1.76. The number of hydrogen-bond acceptors (Lipinski definition) is 4. The van der Waals surface area contributed by atoms with Crippen LogP contribution in [0.3, 0.4) is 0 Å². The second-order valence-electron chi connectivity index (χ2n) is 6.35. The van der Waals surface area contributed by atoms with E-state index in [2.05, 4.69) is 47.4 Å². The zero-order chi connectivity index (χ0) is 20.1. The molecule has 144 valence electrons. The lowest BCUT2D eigenvalue weighted by atomic mass is 10.2. The second-order valence-corrected chi connectivity index (χ2v) is 8.12. The number of benzene rings is 3. The Bertz CT molecular complexity index is 1160. The van der Waals surface area contributed by atoms with Crippen molar-refractivity contribution < 1.29 is 4.74 Å². The van der Waals surface area contributed by atoms with Gasteiger partial charge in [0.2, 0.25) is 0 Å². The summed E-state index contributed by atoms with van der Waals surface area (Å²) in [5, 5.41) is 5.38. The zero-order valence-electron chi connectivity index (χ0n) is 15.3. The van der Waals surface area contributed by atoms with Crippen LogP contribution in [0.2, 0.25) is 0 Å². The Labute approximate surface area is 185 Å². The molecule has 0 saturated heterocycles. The normalized spacial score (nSPS) is 11.1. The van der Waals surface area contributed by atoms with Crippen LogP contribution in [-0.2, 0) is 6.61 Å². The highest BCUT2D eigenvalue weighted by Crippen LogP contribution is 2.23. The SMILES string of the molecule is Brc1ccc(COc2ccc(/C=N\Nc3ccc4ccccc4n3)cc2)c(Br)c1. The molecule has 6 heteroatoms. The minimum atomic E-state index is 0.497. The number of hydrazone groups is 1. The molecule has 0 fully saturated rings. The number of fused-ring (bicyclic) bond motifs is 1. The van der Waals surface area contributed by atoms with Crippen molar-refractivity contribution in [3.05, 3.63) is 98.9 Å². The first-order valence-corrected chi connectivity index (χ1v) is 10.6. The van der Waals surface area contributed by atoms with Gasteiger partial charge in [0.25, 0.3) is 0 Å². The van der Waals surface area contributed by atoms with Gasteiger partial charge in [-0.05, 0) is 60.2 Å². The molecule has 0 saturated carbocycles. The first-order valence-electron chi connectivity index (χ1n) is 8.99. The second kappa shape index (κ2) is 9.20. The summed E-state index contributed by atoms with van der Waals surface area (Å²) >= 11 is 7.01. The van der Waals surface area contributed by atoms with Gasteiger partial charge >= 0.3 is 0 Å². The Morgan fingerprint density at radius 3 is 2.59 bits per heavy atom. The van der Waals surface area contributed by atoms with Crippen molar-refractivity contribution in [1.29, 1.82) is 0 Å². The third-order valence-electron chi connectivity index (χ3n) is 4.28. The van der Waals surface area contributed by atoms with E-state index in [-0.39, 0.29) is 0 Å². The molecule has 0 spiro atoms. The number of hydrogen-bond donors (Lipinski definition) is 1. The van der Waals surface area contributed by atoms with Crippen molar-refractivity contribution in [3.8, 4) is 5.75 Å². The molecule has 4 aromatic rings. The van der Waals surface area contributed by atoms with Crippen molar-refractivity contribution in [2.75, 3.05) is 5.43 Å². The minimum absolute atomic E-state index is 0.497. The molecular formula is C23H17Br2N3O. The standard InChI is InChI=1S/C23H17Br2N3O/c24-19-9-7-18(21(25)13-19)15-29-20-10-5-16(6-11-20)14-26-28-23-12-8-17-3-1-2-4-22(17)27-23/h1-14H,15H2,(H,27,28)/b26-14-. The Morgan fingerprint density at radius 2 is 1.76 bits per heavy atom. The molecule has 3 aromatic carbocycles. The number of nitrogens with zero attached hydrogens (tertiary/aromatic N) is 2. The Balaban J connectivity index is 1.34. The fourth-order valence-corrected chi connectivity index (χ4v) is 3.91. The Kier molecular flexibility index (Phi) is 6.22. The summed E-state index contributed by atoms with van der Waals surface area (Å²) in [5.74, 6) is 1.51. The maximum absolute atomic E-state index is 5.87. The van der Waals surface area contributed by atoms with Crippen molar-refractivity contribution in [2.45, 2.75) is 6.61 Å². The number of pyridine rings is 1. The maximum Gasteiger partial charge on any atom is 0.146 e. The number of nitrogens with one attached hydrogen (secondary N) is 1. The molecule has 0 bridgehead atoms. The Hall–Kier alpha value is -2.70. The van der Waals surface area contributed by atoms with E-state index in [0.29, 0.717) is 12.4 Å². The third kappa shape index (κ3) is 5.22. The number of halogens is 2. The summed E-state index contributed by atoms with van der Waals surface area (Å²) < 4.78 is 7.92. The highest BCUT2D eigenvalue weighted by atomic mass is 79.9. The monoisotopic (exact) mass is 509 g/mol. The first-order chi connectivity index (χ1) is 14.2. The van der Waals surface area contributed by atoms with Crippen molar-refractivity contribution in [2.24, 2.45) is 5.10 Å². The van der Waals surface area contributed by atoms with Gasteiger partial charge in [0, 0.05) is 19.9 Å². The van der Waals surface area contributed by atoms with Gasteiger partial charge in [0.15, 0.2) is 0 Å². The largest absolute Gasteiger partial charge is 0.489 e. The molecule has 29 heavy (non-hydrogen) atoms. The molecule has 0 radical (unpaired) electrons. The summed E-state index contributed by atoms with van der Waals surface area (Å²) in [5.41, 5.74) is 5.97. The Morgan fingerprint density at radius 1 is 0.931 bits per heavy atom. The number of aromatic nitrogens is 1. The van der Waals surface area contributed by atoms with E-state index in [1.165, 1.54) is 0 Å². The highest BCUT2D eigenvalue weighted by molar-refractivity contribution is 9.11. The molecule has 1 heterocycles. The van der Waals surface area contributed by atoms with Crippen molar-refractivity contribution in [3.63, 3.8) is 0 Å². The van der Waals surface area contributed by atoms with Crippen LogP contribution in [0.25, 0.3) is 10.9 Å². The fourth-order valence-electron chi connectivity index (χ4n) is 2.75. The molecule has 1 N–H and O–H groups in total. The van der Waals surface area contributed by atoms with Crippen LogP contribution in [0.5, 0.6) is 5.75 Å². The lowest BCUT2D eigenvalue weighted by molar-refractivity contribution is 0.305. The van der Waals surface area contributed by atoms with Gasteiger partial charge in [0.1, 0.15) is 18.2 Å². The van der Waals surface area contributed by atoms with Gasteiger partial charge in [0.05, 0.1) is 11.7 Å². The predicted molar refractivity (Wildman–Crippen MR) is 126 cm³/mol. The van der Waals surface area contributed by atoms with E-state index >= 15 is 0 Å². The van der Waals surface area contributed by atoms with E-state index in [1.54, 1.807) is 6.21 Å². The van der Waals surface area contributed by atoms with Crippen molar-refractivity contribution >= 4 is 54.8 Å². The van der Waals surface area contributed by atoms with E-state index < -0.39 is 0 Å². The molecule has 1 aromatic heterocycles. The van der Waals surface area contributed by atoms with Crippen LogP contribution >= 0.6 is 31.9 Å². The van der Waals surface area contributed by atoms with Gasteiger partial charge < -0.3 is 4.74 Å². The van der Waals surface area contributed by atoms with Gasteiger partial charge in [-0.1, -0.05) is 56.1 Å². The fraction of sp³-hybridized carbons (Fsp3) is 0.0435. The lowest BCUT2D eigenvalue weighted by Crippen LogP contribution is -1.97. The molecule has 0 aliphatic carbocycles. The molecule has 0 atom stereocenters. The van der Waals surface area contributed by atoms with Crippen LogP contribution in [0.15, 0.2) is 92.9 Å². The summed E-state index contributed by atoms with van der Waals surface area (Å²) in [7, 11) is 0. The van der Waals surface area contributed by atoms with Crippen LogP contribution in [-0.4, -0.2) is 11.2 Å². The molecule has 4 nitrogen and oxygen atoms in total. The molecule has 0 amide bonds. The van der Waals surface area contributed by atoms with Crippen LogP contribution < -0.4 is 10.2 Å². The maximum atomic E-state index is 5.87. The van der Waals surface area contributed by atoms with E-state index in [4.69, 9.17) is 4.74 Å². The van der Waals surface area contributed by atoms with E-state index in [9.17, 15) is 0 Å². The zero-order valence-corrected chi connectivity index (χ0v) is 18.5. The quantitative estimate of drug-likeness (QED) is 0.229. The summed E-state index contributed by atoms with van der Waals surface area (Å²) in [4.78, 5) is 4.53. The van der Waals surface area contributed by atoms with Crippen LogP contribution in [0.4, 0.5) is 5.82 Å². The average molecular weight is 511 g/mol. The lowest BCUT2D eigenvalue weighted by Gasteiger charge is -2.08. The van der Waals surface area contributed by atoms with Crippen LogP contribution in [0, 0.1) is 0 Å². The molecule has 0 aliphatic rings. The number of para-hydroxylation sites is 1. The molecule has 0 unspecified atom stereocenters. The number of rotatable bonds is 6. The highest BCUT2D eigenvalue weighted by Gasteiger charge is 2.02. The van der Waals surface area contributed by atoms with Gasteiger partial charge in [-0.2, -0.15) is 5.10 Å². The van der Waals surface area contributed by atoms with Gasteiger partial charge in [-0.15, -0.1) is 0 Å². The smallest absolute Gasteiger partial charge is 0.146 e. The van der Waals surface area contributed by atoms with E-state index in [1.807, 2.05) is 78.9 Å². The number of ether oxygens (including phenoxy) is 1. The minimum Gasteiger partial charge on any atom is -0.489 e. The first kappa shape index (κ1) is 19.6. The van der Waals surface area contributed by atoms with Crippen LogP contribution in [0.1, 0.15) is 11.1 Å². The van der Waals surface area contributed by atoms with Gasteiger partial charge in [-0.3, -0.25) is 5.43 Å².